The predicted molar refractivity (Wildman–Crippen MR) is 80.2 cm³/mol. The molecule has 0 fully saturated rings. The molecule has 0 saturated heterocycles. The number of carbonyl (C=O) groups is 2. The maximum Gasteiger partial charge on any atom is 0.338 e. The highest BCUT2D eigenvalue weighted by molar-refractivity contribution is 5.92. The molecule has 0 aliphatic carbocycles. The molecule has 6 nitrogen and oxygen atoms in total. The van der Waals surface area contributed by atoms with Crippen molar-refractivity contribution in [3.63, 3.8) is 0 Å². The number of anilines is 1. The molecule has 0 heterocycles. The van der Waals surface area contributed by atoms with Gasteiger partial charge in [-0.15, -0.1) is 0 Å². The number of hydrogen-bond donors (Lipinski definition) is 2. The van der Waals surface area contributed by atoms with Crippen molar-refractivity contribution < 1.29 is 19.1 Å². The van der Waals surface area contributed by atoms with E-state index in [1.807, 2.05) is 20.8 Å². The molecule has 21 heavy (non-hydrogen) atoms. The summed E-state index contributed by atoms with van der Waals surface area (Å²) >= 11 is 0. The molecule has 1 amide bonds. The molecule has 0 aliphatic heterocycles. The first-order chi connectivity index (χ1) is 9.97. The second-order valence-electron chi connectivity index (χ2n) is 4.64. The average molecular weight is 294 g/mol. The van der Waals surface area contributed by atoms with Crippen LogP contribution >= 0.6 is 0 Å². The van der Waals surface area contributed by atoms with E-state index in [9.17, 15) is 9.59 Å². The molecule has 1 atom stereocenters. The first-order valence-corrected chi connectivity index (χ1v) is 6.96. The fourth-order valence-electron chi connectivity index (χ4n) is 1.60. The fourth-order valence-corrected chi connectivity index (χ4v) is 1.60. The average Bonchev–Trinajstić information content (AvgIpc) is 2.46. The van der Waals surface area contributed by atoms with Crippen molar-refractivity contribution in [2.75, 3.05) is 18.9 Å². The second kappa shape index (κ2) is 8.14. The minimum absolute atomic E-state index is 0.0531. The highest BCUT2D eigenvalue weighted by atomic mass is 16.5. The van der Waals surface area contributed by atoms with Crippen molar-refractivity contribution in [1.29, 1.82) is 0 Å². The van der Waals surface area contributed by atoms with E-state index in [1.165, 1.54) is 6.07 Å². The Hall–Kier alpha value is -2.24. The van der Waals surface area contributed by atoms with Crippen LogP contribution in [0.1, 0.15) is 37.6 Å². The van der Waals surface area contributed by atoms with E-state index in [4.69, 9.17) is 15.2 Å². The maximum absolute atomic E-state index is 11.8. The molecular formula is C15H22N2O4. The van der Waals surface area contributed by atoms with Crippen LogP contribution in [-0.4, -0.2) is 31.1 Å². The van der Waals surface area contributed by atoms with E-state index in [2.05, 4.69) is 5.32 Å². The number of nitrogens with one attached hydrogen (secondary N) is 1. The van der Waals surface area contributed by atoms with Gasteiger partial charge in [0.15, 0.2) is 6.61 Å². The zero-order valence-electron chi connectivity index (χ0n) is 12.6. The third-order valence-electron chi connectivity index (χ3n) is 2.90. The van der Waals surface area contributed by atoms with Gasteiger partial charge < -0.3 is 20.5 Å². The maximum atomic E-state index is 11.8. The molecular weight excluding hydrogens is 272 g/mol. The molecule has 1 rings (SSSR count). The highest BCUT2D eigenvalue weighted by Gasteiger charge is 2.13. The topological polar surface area (TPSA) is 90.6 Å². The second-order valence-corrected chi connectivity index (χ2v) is 4.64. The van der Waals surface area contributed by atoms with Gasteiger partial charge in [-0.2, -0.15) is 0 Å². The highest BCUT2D eigenvalue weighted by Crippen LogP contribution is 2.22. The number of hydrogen-bond acceptors (Lipinski definition) is 5. The summed E-state index contributed by atoms with van der Waals surface area (Å²) in [6.07, 6.45) is 0.815. The van der Waals surface area contributed by atoms with Gasteiger partial charge in [0.05, 0.1) is 17.9 Å². The number of esters is 1. The van der Waals surface area contributed by atoms with Gasteiger partial charge in [0.2, 0.25) is 0 Å². The summed E-state index contributed by atoms with van der Waals surface area (Å²) in [7, 11) is 0. The number of nitrogens with two attached hydrogens (primary N) is 1. The third-order valence-corrected chi connectivity index (χ3v) is 2.90. The van der Waals surface area contributed by atoms with Gasteiger partial charge in [0, 0.05) is 6.04 Å². The van der Waals surface area contributed by atoms with Crippen LogP contribution in [-0.2, 0) is 9.53 Å². The van der Waals surface area contributed by atoms with Gasteiger partial charge in [0.1, 0.15) is 5.75 Å². The molecule has 0 spiro atoms. The third kappa shape index (κ3) is 5.33. The van der Waals surface area contributed by atoms with Gasteiger partial charge in [-0.1, -0.05) is 6.92 Å². The summed E-state index contributed by atoms with van der Waals surface area (Å²) < 4.78 is 10.2. The lowest BCUT2D eigenvalue weighted by Gasteiger charge is -2.12. The van der Waals surface area contributed by atoms with Crippen molar-refractivity contribution >= 4 is 17.6 Å². The number of amides is 1. The van der Waals surface area contributed by atoms with Crippen molar-refractivity contribution in [3.8, 4) is 5.75 Å². The molecule has 0 aromatic heterocycles. The van der Waals surface area contributed by atoms with E-state index in [0.29, 0.717) is 18.0 Å². The molecule has 0 saturated carbocycles. The molecule has 0 radical (unpaired) electrons. The number of rotatable bonds is 7. The molecule has 3 N–H and O–H groups in total. The summed E-state index contributed by atoms with van der Waals surface area (Å²) in [4.78, 5) is 23.3. The summed E-state index contributed by atoms with van der Waals surface area (Å²) in [5.74, 6) is -0.399. The van der Waals surface area contributed by atoms with E-state index < -0.39 is 5.97 Å². The lowest BCUT2D eigenvalue weighted by atomic mass is 10.2. The van der Waals surface area contributed by atoms with Crippen LogP contribution in [0.3, 0.4) is 0 Å². The normalized spacial score (nSPS) is 11.6. The largest absolute Gasteiger partial charge is 0.492 e. The van der Waals surface area contributed by atoms with Crippen molar-refractivity contribution in [3.05, 3.63) is 23.8 Å². The molecule has 1 aromatic carbocycles. The zero-order chi connectivity index (χ0) is 15.8. The Balaban J connectivity index is 2.56. The molecule has 1 aromatic rings. The van der Waals surface area contributed by atoms with Crippen LogP contribution in [0.2, 0.25) is 0 Å². The van der Waals surface area contributed by atoms with E-state index in [-0.39, 0.29) is 24.1 Å². The van der Waals surface area contributed by atoms with Gasteiger partial charge in [-0.25, -0.2) is 4.79 Å². The summed E-state index contributed by atoms with van der Waals surface area (Å²) in [6, 6.07) is 4.68. The number of ether oxygens (including phenoxy) is 2. The van der Waals surface area contributed by atoms with Gasteiger partial charge >= 0.3 is 5.97 Å². The Morgan fingerprint density at radius 2 is 2.05 bits per heavy atom. The number of benzene rings is 1. The Kier molecular flexibility index (Phi) is 6.52. The van der Waals surface area contributed by atoms with Crippen molar-refractivity contribution in [2.45, 2.75) is 33.2 Å². The van der Waals surface area contributed by atoms with Crippen molar-refractivity contribution in [2.24, 2.45) is 0 Å². The first kappa shape index (κ1) is 16.8. The predicted octanol–water partition coefficient (Wildman–Crippen LogP) is 1.74. The summed E-state index contributed by atoms with van der Waals surface area (Å²) in [5, 5.41) is 2.71. The summed E-state index contributed by atoms with van der Waals surface area (Å²) in [6.45, 7) is 5.87. The Bertz CT molecular complexity index is 502. The van der Waals surface area contributed by atoms with Gasteiger partial charge in [-0.05, 0) is 38.5 Å². The van der Waals surface area contributed by atoms with E-state index in [0.717, 1.165) is 6.42 Å². The van der Waals surface area contributed by atoms with Gasteiger partial charge in [-0.3, -0.25) is 4.79 Å². The van der Waals surface area contributed by atoms with E-state index in [1.54, 1.807) is 12.1 Å². The lowest BCUT2D eigenvalue weighted by molar-refractivity contribution is -0.124. The monoisotopic (exact) mass is 294 g/mol. The zero-order valence-corrected chi connectivity index (χ0v) is 12.6. The fraction of sp³-hybridized carbons (Fsp3) is 0.467. The van der Waals surface area contributed by atoms with Crippen molar-refractivity contribution in [1.82, 2.24) is 5.32 Å². The molecule has 116 valence electrons. The van der Waals surface area contributed by atoms with E-state index >= 15 is 0 Å². The molecule has 6 heteroatoms. The molecule has 0 aliphatic rings. The number of carbonyl (C=O) groups excluding carboxylic acids is 2. The van der Waals surface area contributed by atoms with Crippen LogP contribution in [0.25, 0.3) is 0 Å². The quantitative estimate of drug-likeness (QED) is 0.590. The standard InChI is InChI=1S/C15H22N2O4/c1-4-10(3)17-14(18)9-21-15(19)11-6-7-13(20-5-2)12(16)8-11/h6-8,10H,4-5,9,16H2,1-3H3,(H,17,18). The molecule has 0 bridgehead atoms. The Labute approximate surface area is 124 Å². The Morgan fingerprint density at radius 3 is 2.62 bits per heavy atom. The molecule has 1 unspecified atom stereocenters. The first-order valence-electron chi connectivity index (χ1n) is 6.96. The lowest BCUT2D eigenvalue weighted by Crippen LogP contribution is -2.35. The minimum Gasteiger partial charge on any atom is -0.492 e. The minimum atomic E-state index is -0.593. The SMILES string of the molecule is CCOc1ccc(C(=O)OCC(=O)NC(C)CC)cc1N. The van der Waals surface area contributed by atoms with Crippen LogP contribution in [0.15, 0.2) is 18.2 Å². The van der Waals surface area contributed by atoms with Crippen LogP contribution in [0, 0.1) is 0 Å². The van der Waals surface area contributed by atoms with Gasteiger partial charge in [0.25, 0.3) is 5.91 Å². The Morgan fingerprint density at radius 1 is 1.33 bits per heavy atom. The van der Waals surface area contributed by atoms with Crippen LogP contribution in [0.4, 0.5) is 5.69 Å². The number of nitrogen functional groups attached to an aromatic ring is 1. The smallest absolute Gasteiger partial charge is 0.338 e. The van der Waals surface area contributed by atoms with Crippen LogP contribution in [0.5, 0.6) is 5.75 Å². The van der Waals surface area contributed by atoms with Crippen LogP contribution < -0.4 is 15.8 Å². The summed E-state index contributed by atoms with van der Waals surface area (Å²) in [5.41, 5.74) is 6.41.